The van der Waals surface area contributed by atoms with E-state index in [1.807, 2.05) is 38.1 Å². The molecule has 0 aliphatic heterocycles. The van der Waals surface area contributed by atoms with Gasteiger partial charge in [0.25, 0.3) is 5.91 Å². The van der Waals surface area contributed by atoms with Gasteiger partial charge >= 0.3 is 0 Å². The lowest BCUT2D eigenvalue weighted by Crippen LogP contribution is -2.54. The van der Waals surface area contributed by atoms with E-state index in [0.717, 1.165) is 10.9 Å². The third kappa shape index (κ3) is 2.63. The lowest BCUT2D eigenvalue weighted by molar-refractivity contribution is 0.0928. The topological polar surface area (TPSA) is 68.0 Å². The summed E-state index contributed by atoms with van der Waals surface area (Å²) >= 11 is 5.04. The fraction of sp³-hybridized carbons (Fsp3) is 0.267. The largest absolute Gasteiger partial charge is 0.391 e. The Balaban J connectivity index is 2.40. The number of hydrogen-bond donors (Lipinski definition) is 2. The van der Waals surface area contributed by atoms with Gasteiger partial charge in [0, 0.05) is 11.6 Å². The van der Waals surface area contributed by atoms with E-state index in [1.165, 1.54) is 0 Å². The molecule has 2 rings (SSSR count). The van der Waals surface area contributed by atoms with Crippen molar-refractivity contribution < 1.29 is 4.79 Å². The van der Waals surface area contributed by atoms with Crippen LogP contribution in [0.25, 0.3) is 10.9 Å². The Kier molecular flexibility index (Phi) is 3.99. The minimum absolute atomic E-state index is 0.194. The summed E-state index contributed by atoms with van der Waals surface area (Å²) in [4.78, 5) is 17.0. The summed E-state index contributed by atoms with van der Waals surface area (Å²) in [5.74, 6) is -0.194. The molecule has 0 spiro atoms. The number of nitrogens with two attached hydrogens (primary N) is 1. The Bertz CT molecular complexity index is 666. The summed E-state index contributed by atoms with van der Waals surface area (Å²) in [7, 11) is 0. The van der Waals surface area contributed by atoms with Crippen molar-refractivity contribution >= 4 is 34.0 Å². The molecule has 20 heavy (non-hydrogen) atoms. The highest BCUT2D eigenvalue weighted by Gasteiger charge is 2.28. The molecule has 3 N–H and O–H groups in total. The summed E-state index contributed by atoms with van der Waals surface area (Å²) in [6.07, 6.45) is 2.26. The maximum Gasteiger partial charge on any atom is 0.252 e. The van der Waals surface area contributed by atoms with Crippen molar-refractivity contribution in [1.82, 2.24) is 10.3 Å². The Morgan fingerprint density at radius 2 is 2.10 bits per heavy atom. The Morgan fingerprint density at radius 1 is 1.40 bits per heavy atom. The molecule has 1 atom stereocenters. The molecule has 1 aromatic carbocycles. The van der Waals surface area contributed by atoms with Crippen LogP contribution in [0, 0.1) is 0 Å². The van der Waals surface area contributed by atoms with Gasteiger partial charge in [-0.25, -0.2) is 0 Å². The summed E-state index contributed by atoms with van der Waals surface area (Å²) in [5, 5.41) is 3.73. The van der Waals surface area contributed by atoms with Crippen molar-refractivity contribution in [3.8, 4) is 0 Å². The van der Waals surface area contributed by atoms with Gasteiger partial charge in [0.05, 0.1) is 21.6 Å². The molecule has 1 aromatic heterocycles. The SMILES string of the molecule is CCC(C)(NC(=O)c1ccnc2ccccc12)C(N)=S. The molecule has 2 aromatic rings. The molecule has 0 bridgehead atoms. The van der Waals surface area contributed by atoms with Crippen LogP contribution >= 0.6 is 12.2 Å². The van der Waals surface area contributed by atoms with Gasteiger partial charge in [-0.15, -0.1) is 0 Å². The molecule has 0 saturated carbocycles. The smallest absolute Gasteiger partial charge is 0.252 e. The number of pyridine rings is 1. The first kappa shape index (κ1) is 14.4. The van der Waals surface area contributed by atoms with Crippen molar-refractivity contribution in [2.24, 2.45) is 5.73 Å². The van der Waals surface area contributed by atoms with Gasteiger partial charge in [0.15, 0.2) is 0 Å². The molecule has 0 saturated heterocycles. The average molecular weight is 287 g/mol. The minimum atomic E-state index is -0.684. The molecule has 1 heterocycles. The van der Waals surface area contributed by atoms with Crippen LogP contribution in [0.15, 0.2) is 36.5 Å². The number of hydrogen-bond acceptors (Lipinski definition) is 3. The lowest BCUT2D eigenvalue weighted by Gasteiger charge is -2.28. The quantitative estimate of drug-likeness (QED) is 0.847. The number of aromatic nitrogens is 1. The number of carbonyl (C=O) groups excluding carboxylic acids is 1. The molecular weight excluding hydrogens is 270 g/mol. The standard InChI is InChI=1S/C15H17N3OS/c1-3-15(2,14(16)20)18-13(19)11-8-9-17-12-7-5-4-6-10(11)12/h4-9H,3H2,1-2H3,(H2,16,20)(H,18,19). The van der Waals surface area contributed by atoms with Crippen LogP contribution in [0.3, 0.4) is 0 Å². The maximum absolute atomic E-state index is 12.5. The zero-order chi connectivity index (χ0) is 14.8. The van der Waals surface area contributed by atoms with Crippen molar-refractivity contribution in [3.05, 3.63) is 42.1 Å². The van der Waals surface area contributed by atoms with Crippen molar-refractivity contribution in [2.75, 3.05) is 0 Å². The lowest BCUT2D eigenvalue weighted by atomic mass is 9.98. The van der Waals surface area contributed by atoms with E-state index in [1.54, 1.807) is 12.3 Å². The first-order chi connectivity index (χ1) is 9.48. The molecule has 1 unspecified atom stereocenters. The van der Waals surface area contributed by atoms with Gasteiger partial charge in [0.1, 0.15) is 0 Å². The molecule has 104 valence electrons. The molecule has 1 amide bonds. The van der Waals surface area contributed by atoms with Crippen LogP contribution < -0.4 is 11.1 Å². The predicted molar refractivity (Wildman–Crippen MR) is 84.7 cm³/mol. The number of rotatable bonds is 4. The van der Waals surface area contributed by atoms with E-state index in [4.69, 9.17) is 18.0 Å². The highest BCUT2D eigenvalue weighted by atomic mass is 32.1. The Morgan fingerprint density at radius 3 is 2.75 bits per heavy atom. The molecule has 0 fully saturated rings. The molecule has 0 aliphatic carbocycles. The second-order valence-corrected chi connectivity index (χ2v) is 5.32. The van der Waals surface area contributed by atoms with E-state index >= 15 is 0 Å². The first-order valence-electron chi connectivity index (χ1n) is 6.44. The third-order valence-electron chi connectivity index (χ3n) is 3.53. The van der Waals surface area contributed by atoms with Gasteiger partial charge in [0.2, 0.25) is 0 Å². The van der Waals surface area contributed by atoms with E-state index in [2.05, 4.69) is 10.3 Å². The Hall–Kier alpha value is -2.01. The van der Waals surface area contributed by atoms with Gasteiger partial charge < -0.3 is 11.1 Å². The zero-order valence-corrected chi connectivity index (χ0v) is 12.3. The van der Waals surface area contributed by atoms with E-state index in [-0.39, 0.29) is 10.9 Å². The fourth-order valence-electron chi connectivity index (χ4n) is 1.94. The van der Waals surface area contributed by atoms with E-state index < -0.39 is 5.54 Å². The second-order valence-electron chi connectivity index (χ2n) is 4.88. The van der Waals surface area contributed by atoms with Crippen molar-refractivity contribution in [2.45, 2.75) is 25.8 Å². The number of fused-ring (bicyclic) bond motifs is 1. The average Bonchev–Trinajstić information content (AvgIpc) is 2.46. The van der Waals surface area contributed by atoms with Crippen molar-refractivity contribution in [1.29, 1.82) is 0 Å². The van der Waals surface area contributed by atoms with Crippen LogP contribution in [0.5, 0.6) is 0 Å². The molecule has 0 aliphatic rings. The van der Waals surface area contributed by atoms with Crippen LogP contribution in [-0.2, 0) is 0 Å². The Labute approximate surface area is 123 Å². The molecular formula is C15H17N3OS. The summed E-state index contributed by atoms with van der Waals surface area (Å²) < 4.78 is 0. The highest BCUT2D eigenvalue weighted by Crippen LogP contribution is 2.18. The number of amides is 1. The highest BCUT2D eigenvalue weighted by molar-refractivity contribution is 7.80. The van der Waals surface area contributed by atoms with Gasteiger partial charge in [-0.1, -0.05) is 37.3 Å². The van der Waals surface area contributed by atoms with Crippen LogP contribution in [0.2, 0.25) is 0 Å². The van der Waals surface area contributed by atoms with Crippen LogP contribution in [0.1, 0.15) is 30.6 Å². The molecule has 4 nitrogen and oxygen atoms in total. The summed E-state index contributed by atoms with van der Waals surface area (Å²) in [6.45, 7) is 3.76. The van der Waals surface area contributed by atoms with Gasteiger partial charge in [-0.3, -0.25) is 9.78 Å². The minimum Gasteiger partial charge on any atom is -0.391 e. The van der Waals surface area contributed by atoms with E-state index in [0.29, 0.717) is 12.0 Å². The third-order valence-corrected chi connectivity index (χ3v) is 3.98. The monoisotopic (exact) mass is 287 g/mol. The van der Waals surface area contributed by atoms with Gasteiger partial charge in [-0.2, -0.15) is 0 Å². The van der Waals surface area contributed by atoms with E-state index in [9.17, 15) is 4.79 Å². The number of para-hydroxylation sites is 1. The number of benzene rings is 1. The summed E-state index contributed by atoms with van der Waals surface area (Å²) in [5.41, 5.74) is 6.40. The predicted octanol–water partition coefficient (Wildman–Crippen LogP) is 2.42. The maximum atomic E-state index is 12.5. The number of thiocarbonyl (C=S) groups is 1. The second kappa shape index (κ2) is 5.54. The normalized spacial score (nSPS) is 13.7. The molecule has 0 radical (unpaired) electrons. The zero-order valence-electron chi connectivity index (χ0n) is 11.5. The number of nitrogens with zero attached hydrogens (tertiary/aromatic N) is 1. The number of nitrogens with one attached hydrogen (secondary N) is 1. The number of carbonyl (C=O) groups is 1. The van der Waals surface area contributed by atoms with Crippen LogP contribution in [-0.4, -0.2) is 21.4 Å². The fourth-order valence-corrected chi connectivity index (χ4v) is 2.13. The first-order valence-corrected chi connectivity index (χ1v) is 6.85. The van der Waals surface area contributed by atoms with Crippen molar-refractivity contribution in [3.63, 3.8) is 0 Å². The molecule has 5 heteroatoms. The van der Waals surface area contributed by atoms with Crippen LogP contribution in [0.4, 0.5) is 0 Å². The summed E-state index contributed by atoms with van der Waals surface area (Å²) in [6, 6.07) is 9.23. The van der Waals surface area contributed by atoms with Gasteiger partial charge in [-0.05, 0) is 25.5 Å².